The van der Waals surface area contributed by atoms with Gasteiger partial charge in [-0.3, -0.25) is 14.4 Å². The van der Waals surface area contributed by atoms with Crippen LogP contribution in [0, 0.1) is 0 Å². The summed E-state index contributed by atoms with van der Waals surface area (Å²) in [5.41, 5.74) is 8.03. The van der Waals surface area contributed by atoms with Crippen molar-refractivity contribution in [2.24, 2.45) is 0 Å². The summed E-state index contributed by atoms with van der Waals surface area (Å²) in [5, 5.41) is 23.9. The lowest BCUT2D eigenvalue weighted by Gasteiger charge is -2.29. The van der Waals surface area contributed by atoms with Crippen LogP contribution in [0.15, 0.2) is 91.0 Å². The quantitative estimate of drug-likeness (QED) is 0.0619. The van der Waals surface area contributed by atoms with E-state index < -0.39 is 12.3 Å². The molecule has 3 aliphatic rings. The van der Waals surface area contributed by atoms with E-state index in [4.69, 9.17) is 18.9 Å². The van der Waals surface area contributed by atoms with Crippen molar-refractivity contribution in [1.29, 1.82) is 0 Å². The van der Waals surface area contributed by atoms with Crippen LogP contribution >= 0.6 is 0 Å². The summed E-state index contributed by atoms with van der Waals surface area (Å²) in [5.74, 6) is 1.18. The fraction of sp³-hybridized carbons (Fsp3) is 0.298. The summed E-state index contributed by atoms with van der Waals surface area (Å²) in [6.07, 6.45) is 1.09. The molecule has 0 bridgehead atoms. The Morgan fingerprint density at radius 3 is 2.16 bits per heavy atom. The van der Waals surface area contributed by atoms with Crippen LogP contribution in [0.2, 0.25) is 0 Å². The highest BCUT2D eigenvalue weighted by molar-refractivity contribution is 6.12. The van der Waals surface area contributed by atoms with Crippen LogP contribution in [0.25, 0.3) is 0 Å². The van der Waals surface area contributed by atoms with E-state index in [-0.39, 0.29) is 37.1 Å². The van der Waals surface area contributed by atoms with Gasteiger partial charge in [0.2, 0.25) is 5.91 Å². The first-order chi connectivity index (χ1) is 29.6. The van der Waals surface area contributed by atoms with Crippen molar-refractivity contribution in [2.45, 2.75) is 57.3 Å². The molecule has 316 valence electrons. The summed E-state index contributed by atoms with van der Waals surface area (Å²) >= 11 is 0. The van der Waals surface area contributed by atoms with E-state index in [0.29, 0.717) is 76.0 Å². The van der Waals surface area contributed by atoms with Gasteiger partial charge in [0.05, 0.1) is 49.3 Å². The number of amides is 2. The highest BCUT2D eigenvalue weighted by atomic mass is 16.5. The van der Waals surface area contributed by atoms with E-state index in [1.165, 1.54) is 14.2 Å². The van der Waals surface area contributed by atoms with Gasteiger partial charge in [0.25, 0.3) is 5.91 Å². The van der Waals surface area contributed by atoms with Gasteiger partial charge in [0.15, 0.2) is 29.3 Å². The number of methoxy groups -OCH3 is 2. The zero-order valence-electron chi connectivity index (χ0n) is 34.8. The van der Waals surface area contributed by atoms with Gasteiger partial charge in [0.1, 0.15) is 19.4 Å². The molecule has 3 unspecified atom stereocenters. The molecule has 0 radical (unpaired) electrons. The molecule has 0 saturated heterocycles. The molecule has 0 spiro atoms. The first-order valence-electron chi connectivity index (χ1n) is 20.3. The van der Waals surface area contributed by atoms with Crippen LogP contribution in [-0.2, 0) is 30.8 Å². The number of benzene rings is 5. The molecule has 5 N–H and O–H groups in total. The van der Waals surface area contributed by atoms with Gasteiger partial charge in [-0.05, 0) is 91.5 Å². The van der Waals surface area contributed by atoms with Crippen molar-refractivity contribution >= 4 is 46.5 Å². The van der Waals surface area contributed by atoms with Crippen LogP contribution in [0.5, 0.6) is 23.0 Å². The van der Waals surface area contributed by atoms with Gasteiger partial charge in [-0.15, -0.1) is 0 Å². The zero-order valence-corrected chi connectivity index (χ0v) is 34.8. The van der Waals surface area contributed by atoms with Crippen molar-refractivity contribution < 1.29 is 38.4 Å². The normalized spacial score (nSPS) is 17.1. The SMILES string of the molecule is CNC(C)C(=O)Nc1cc(COc2cc(N[C@H](O)C3Cc4ccccc4N3C)c(C=O)cc2OC)cc(COc2cc3c(cc2OC)C(=O)N2c4ccccc4CC2CN3)c1. The standard InChI is InChI=1S/C47H50N6O8/c1-27(48-2)45(55)50-33-15-28(25-60-43-21-36(32(24-54)19-41(43)58-4)51-46(56)40-18-31-11-6-8-12-38(31)52(40)3)14-29(16-33)26-61-44-22-37-35(20-42(44)59-5)47(57)53-34(23-49-37)17-30-10-7-9-13-39(30)53/h6-16,19-22,24,27,34,40,46,48-49,51,56H,17-18,23,25-26H2,1-5H3,(H,50,55)/t27?,34?,40?,46-/m1/s1. The number of aldehydes is 1. The molecule has 0 fully saturated rings. The van der Waals surface area contributed by atoms with E-state index in [1.54, 1.807) is 38.2 Å². The first-order valence-corrected chi connectivity index (χ1v) is 20.3. The topological polar surface area (TPSA) is 163 Å². The Morgan fingerprint density at radius 2 is 1.51 bits per heavy atom. The van der Waals surface area contributed by atoms with Crippen molar-refractivity contribution in [3.63, 3.8) is 0 Å². The summed E-state index contributed by atoms with van der Waals surface area (Å²) in [6, 6.07) is 27.5. The number of fused-ring (bicyclic) bond motifs is 5. The number of rotatable bonds is 15. The number of hydrogen-bond acceptors (Lipinski definition) is 12. The number of aliphatic hydroxyl groups is 1. The van der Waals surface area contributed by atoms with Crippen molar-refractivity contribution in [1.82, 2.24) is 5.32 Å². The molecule has 61 heavy (non-hydrogen) atoms. The second kappa shape index (κ2) is 17.4. The minimum atomic E-state index is -1.01. The minimum absolute atomic E-state index is 0.0216. The lowest BCUT2D eigenvalue weighted by molar-refractivity contribution is -0.117. The van der Waals surface area contributed by atoms with E-state index in [2.05, 4.69) is 27.3 Å². The number of anilines is 5. The van der Waals surface area contributed by atoms with E-state index in [9.17, 15) is 19.5 Å². The molecule has 14 heteroatoms. The van der Waals surface area contributed by atoms with Gasteiger partial charge in [-0.25, -0.2) is 0 Å². The third-order valence-electron chi connectivity index (χ3n) is 11.7. The molecule has 5 aromatic rings. The zero-order chi connectivity index (χ0) is 42.8. The largest absolute Gasteiger partial charge is 0.493 e. The molecule has 4 atom stereocenters. The van der Waals surface area contributed by atoms with E-state index in [0.717, 1.165) is 34.5 Å². The highest BCUT2D eigenvalue weighted by Gasteiger charge is 2.38. The third kappa shape index (κ3) is 8.24. The van der Waals surface area contributed by atoms with Crippen LogP contribution in [0.1, 0.15) is 49.9 Å². The number of ether oxygens (including phenoxy) is 4. The molecular formula is C47H50N6O8. The van der Waals surface area contributed by atoms with Gasteiger partial charge < -0.3 is 55.1 Å². The average Bonchev–Trinajstić information content (AvgIpc) is 3.79. The Labute approximate surface area is 354 Å². The van der Waals surface area contributed by atoms with Crippen molar-refractivity contribution in [2.75, 3.05) is 60.6 Å². The second-order valence-electron chi connectivity index (χ2n) is 15.5. The van der Waals surface area contributed by atoms with Gasteiger partial charge in [-0.1, -0.05) is 36.4 Å². The van der Waals surface area contributed by atoms with Crippen LogP contribution in [-0.4, -0.2) is 82.4 Å². The number of para-hydroxylation sites is 2. The number of likely N-dealkylation sites (N-methyl/N-ethyl adjacent to an activating group) is 2. The molecule has 8 rings (SSSR count). The maximum absolute atomic E-state index is 14.0. The smallest absolute Gasteiger partial charge is 0.260 e. The first kappa shape index (κ1) is 41.0. The number of aliphatic hydroxyl groups excluding tert-OH is 1. The third-order valence-corrected chi connectivity index (χ3v) is 11.7. The van der Waals surface area contributed by atoms with Crippen LogP contribution in [0.4, 0.5) is 28.4 Å². The Kier molecular flexibility index (Phi) is 11.7. The number of nitrogens with one attached hydrogen (secondary N) is 4. The molecule has 0 aromatic heterocycles. The Morgan fingerprint density at radius 1 is 0.869 bits per heavy atom. The van der Waals surface area contributed by atoms with Crippen molar-refractivity contribution in [3.05, 3.63) is 124 Å². The summed E-state index contributed by atoms with van der Waals surface area (Å²) in [7, 11) is 6.67. The number of carbonyl (C=O) groups is 3. The molecule has 2 amide bonds. The predicted octanol–water partition coefficient (Wildman–Crippen LogP) is 6.01. The monoisotopic (exact) mass is 826 g/mol. The summed E-state index contributed by atoms with van der Waals surface area (Å²) in [6.45, 7) is 2.47. The van der Waals surface area contributed by atoms with Crippen molar-refractivity contribution in [3.8, 4) is 23.0 Å². The molecule has 0 saturated carbocycles. The highest BCUT2D eigenvalue weighted by Crippen LogP contribution is 2.41. The molecule has 0 aliphatic carbocycles. The molecule has 3 heterocycles. The molecule has 5 aromatic carbocycles. The summed E-state index contributed by atoms with van der Waals surface area (Å²) < 4.78 is 24.1. The van der Waals surface area contributed by atoms with Gasteiger partial charge in [0, 0.05) is 48.4 Å². The van der Waals surface area contributed by atoms with Crippen LogP contribution in [0.3, 0.4) is 0 Å². The molecule has 14 nitrogen and oxygen atoms in total. The van der Waals surface area contributed by atoms with Crippen LogP contribution < -0.4 is 50.0 Å². The molecular weight excluding hydrogens is 777 g/mol. The number of carbonyl (C=O) groups excluding carboxylic acids is 3. The number of hydrogen-bond donors (Lipinski definition) is 5. The fourth-order valence-electron chi connectivity index (χ4n) is 8.34. The van der Waals surface area contributed by atoms with Gasteiger partial charge in [-0.2, -0.15) is 0 Å². The average molecular weight is 827 g/mol. The van der Waals surface area contributed by atoms with Gasteiger partial charge >= 0.3 is 0 Å². The lowest BCUT2D eigenvalue weighted by Crippen LogP contribution is -2.43. The Balaban J connectivity index is 1.03. The number of nitrogens with zero attached hydrogens (tertiary/aromatic N) is 2. The molecule has 3 aliphatic heterocycles. The Hall–Kier alpha value is -6.77. The summed E-state index contributed by atoms with van der Waals surface area (Å²) in [4.78, 5) is 43.1. The maximum atomic E-state index is 14.0. The Bertz CT molecular complexity index is 2480. The lowest BCUT2D eigenvalue weighted by atomic mass is 10.1. The van der Waals surface area contributed by atoms with E-state index in [1.807, 2.05) is 77.5 Å². The second-order valence-corrected chi connectivity index (χ2v) is 15.5. The maximum Gasteiger partial charge on any atom is 0.260 e. The fourth-order valence-corrected chi connectivity index (χ4v) is 8.34. The minimum Gasteiger partial charge on any atom is -0.493 e. The van der Waals surface area contributed by atoms with E-state index >= 15 is 0 Å². The predicted molar refractivity (Wildman–Crippen MR) is 235 cm³/mol.